The van der Waals surface area contributed by atoms with Crippen LogP contribution in [-0.2, 0) is 19.1 Å². The van der Waals surface area contributed by atoms with Gasteiger partial charge in [0, 0.05) is 10.0 Å². The van der Waals surface area contributed by atoms with Gasteiger partial charge in [0.1, 0.15) is 11.5 Å². The van der Waals surface area contributed by atoms with Gasteiger partial charge in [-0.3, -0.25) is 0 Å². The molecule has 0 heterocycles. The SMILES string of the molecule is COC(=O)/C=C(/Nc1ccc(F)c(C)c1Br)C(=O)OC. The molecule has 0 atom stereocenters. The van der Waals surface area contributed by atoms with Crippen LogP contribution in [0.25, 0.3) is 0 Å². The van der Waals surface area contributed by atoms with Crippen LogP contribution in [0.4, 0.5) is 10.1 Å². The third kappa shape index (κ3) is 3.80. The number of nitrogens with one attached hydrogen (secondary N) is 1. The van der Waals surface area contributed by atoms with Crippen molar-refractivity contribution in [3.05, 3.63) is 39.8 Å². The van der Waals surface area contributed by atoms with Gasteiger partial charge in [-0.15, -0.1) is 0 Å². The second-order valence-corrected chi connectivity index (χ2v) is 4.52. The number of hydrogen-bond acceptors (Lipinski definition) is 5. The number of carbonyl (C=O) groups excluding carboxylic acids is 2. The smallest absolute Gasteiger partial charge is 0.354 e. The first kappa shape index (κ1) is 16.2. The predicted octanol–water partition coefficient (Wildman–Crippen LogP) is 2.54. The highest BCUT2D eigenvalue weighted by Gasteiger charge is 2.15. The molecule has 0 aromatic heterocycles. The van der Waals surface area contributed by atoms with Crippen molar-refractivity contribution in [3.8, 4) is 0 Å². The van der Waals surface area contributed by atoms with Gasteiger partial charge in [-0.1, -0.05) is 0 Å². The highest BCUT2D eigenvalue weighted by Crippen LogP contribution is 2.29. The highest BCUT2D eigenvalue weighted by atomic mass is 79.9. The van der Waals surface area contributed by atoms with Crippen molar-refractivity contribution in [2.75, 3.05) is 19.5 Å². The van der Waals surface area contributed by atoms with Gasteiger partial charge in [0.2, 0.25) is 0 Å². The predicted molar refractivity (Wildman–Crippen MR) is 74.6 cm³/mol. The van der Waals surface area contributed by atoms with Crippen molar-refractivity contribution in [1.82, 2.24) is 0 Å². The Balaban J connectivity index is 3.14. The molecule has 0 radical (unpaired) electrons. The molecule has 20 heavy (non-hydrogen) atoms. The Labute approximate surface area is 123 Å². The third-order valence-corrected chi connectivity index (χ3v) is 3.48. The van der Waals surface area contributed by atoms with E-state index >= 15 is 0 Å². The maximum atomic E-state index is 13.3. The first-order valence-electron chi connectivity index (χ1n) is 5.50. The van der Waals surface area contributed by atoms with Crippen molar-refractivity contribution in [2.24, 2.45) is 0 Å². The molecule has 1 aromatic carbocycles. The van der Waals surface area contributed by atoms with E-state index in [-0.39, 0.29) is 11.5 Å². The van der Waals surface area contributed by atoms with Crippen molar-refractivity contribution < 1.29 is 23.5 Å². The van der Waals surface area contributed by atoms with E-state index in [1.54, 1.807) is 6.92 Å². The summed E-state index contributed by atoms with van der Waals surface area (Å²) < 4.78 is 22.8. The molecule has 7 heteroatoms. The number of hydrogen-bond donors (Lipinski definition) is 1. The fourth-order valence-electron chi connectivity index (χ4n) is 1.34. The summed E-state index contributed by atoms with van der Waals surface area (Å²) in [4.78, 5) is 22.8. The fourth-order valence-corrected chi connectivity index (χ4v) is 1.76. The largest absolute Gasteiger partial charge is 0.466 e. The molecule has 0 fully saturated rings. The lowest BCUT2D eigenvalue weighted by Crippen LogP contribution is -2.16. The normalized spacial score (nSPS) is 10.9. The fraction of sp³-hybridized carbons (Fsp3) is 0.231. The topological polar surface area (TPSA) is 64.6 Å². The number of benzene rings is 1. The van der Waals surface area contributed by atoms with Crippen LogP contribution < -0.4 is 5.32 Å². The molecule has 0 aliphatic rings. The van der Waals surface area contributed by atoms with Crippen molar-refractivity contribution in [1.29, 1.82) is 0 Å². The summed E-state index contributed by atoms with van der Waals surface area (Å²) in [5, 5.41) is 2.70. The first-order chi connectivity index (χ1) is 9.40. The average molecular weight is 346 g/mol. The Hall–Kier alpha value is -1.89. The molecular weight excluding hydrogens is 333 g/mol. The summed E-state index contributed by atoms with van der Waals surface area (Å²) >= 11 is 3.22. The average Bonchev–Trinajstić information content (AvgIpc) is 2.45. The van der Waals surface area contributed by atoms with Crippen LogP contribution in [0.5, 0.6) is 0 Å². The Morgan fingerprint density at radius 3 is 2.50 bits per heavy atom. The monoisotopic (exact) mass is 345 g/mol. The van der Waals surface area contributed by atoms with Crippen LogP contribution in [0.2, 0.25) is 0 Å². The minimum Gasteiger partial charge on any atom is -0.466 e. The molecule has 108 valence electrons. The lowest BCUT2D eigenvalue weighted by molar-refractivity contribution is -0.138. The van der Waals surface area contributed by atoms with Gasteiger partial charge in [-0.2, -0.15) is 0 Å². The molecule has 0 saturated heterocycles. The van der Waals surface area contributed by atoms with Crippen molar-refractivity contribution >= 4 is 33.6 Å². The maximum absolute atomic E-state index is 13.3. The van der Waals surface area contributed by atoms with Crippen LogP contribution in [0.3, 0.4) is 0 Å². The number of ether oxygens (including phenoxy) is 2. The summed E-state index contributed by atoms with van der Waals surface area (Å²) in [6, 6.07) is 2.68. The summed E-state index contributed by atoms with van der Waals surface area (Å²) in [5.41, 5.74) is 0.674. The minimum absolute atomic E-state index is 0.119. The van der Waals surface area contributed by atoms with Crippen molar-refractivity contribution in [2.45, 2.75) is 6.92 Å². The van der Waals surface area contributed by atoms with Crippen LogP contribution in [0.1, 0.15) is 5.56 Å². The first-order valence-corrected chi connectivity index (χ1v) is 6.29. The number of halogens is 2. The lowest BCUT2D eigenvalue weighted by atomic mass is 10.2. The van der Waals surface area contributed by atoms with E-state index in [1.807, 2.05) is 0 Å². The van der Waals surface area contributed by atoms with Crippen LogP contribution >= 0.6 is 15.9 Å². The second-order valence-electron chi connectivity index (χ2n) is 3.73. The summed E-state index contributed by atoms with van der Waals surface area (Å²) in [7, 11) is 2.37. The van der Waals surface area contributed by atoms with Gasteiger partial charge < -0.3 is 14.8 Å². The van der Waals surface area contributed by atoms with E-state index in [0.717, 1.165) is 6.08 Å². The molecule has 0 spiro atoms. The molecule has 0 bridgehead atoms. The molecule has 0 aliphatic carbocycles. The van der Waals surface area contributed by atoms with E-state index < -0.39 is 11.9 Å². The standard InChI is InChI=1S/C13H13BrFNO4/c1-7-8(15)4-5-9(12(7)14)16-10(13(18)20-3)6-11(17)19-2/h4-6,16H,1-3H3/b10-6+. The Morgan fingerprint density at radius 1 is 1.30 bits per heavy atom. The zero-order valence-corrected chi connectivity index (χ0v) is 12.7. The summed E-state index contributed by atoms with van der Waals surface area (Å²) in [6.07, 6.45) is 0.955. The van der Waals surface area contributed by atoms with Gasteiger partial charge in [-0.25, -0.2) is 14.0 Å². The minimum atomic E-state index is -0.746. The second kappa shape index (κ2) is 7.04. The summed E-state index contributed by atoms with van der Waals surface area (Å²) in [6.45, 7) is 1.58. The molecule has 1 N–H and O–H groups in total. The van der Waals surface area contributed by atoms with E-state index in [1.165, 1.54) is 26.4 Å². The van der Waals surface area contributed by atoms with Crippen LogP contribution in [-0.4, -0.2) is 26.2 Å². The van der Waals surface area contributed by atoms with Gasteiger partial charge >= 0.3 is 11.9 Å². The molecule has 0 unspecified atom stereocenters. The molecule has 0 aliphatic heterocycles. The number of carbonyl (C=O) groups is 2. The van der Waals surface area contributed by atoms with Crippen LogP contribution in [0, 0.1) is 12.7 Å². The maximum Gasteiger partial charge on any atom is 0.354 e. The number of rotatable bonds is 4. The van der Waals surface area contributed by atoms with E-state index in [9.17, 15) is 14.0 Å². The number of anilines is 1. The molecular formula is C13H13BrFNO4. The number of methoxy groups -OCH3 is 2. The quantitative estimate of drug-likeness (QED) is 0.671. The zero-order valence-electron chi connectivity index (χ0n) is 11.1. The molecule has 1 rings (SSSR count). The Kier molecular flexibility index (Phi) is 5.69. The van der Waals surface area contributed by atoms with Gasteiger partial charge in [0.05, 0.1) is 26.0 Å². The molecule has 0 amide bonds. The Morgan fingerprint density at radius 2 is 1.95 bits per heavy atom. The van der Waals surface area contributed by atoms with Crippen LogP contribution in [0.15, 0.2) is 28.4 Å². The van der Waals surface area contributed by atoms with E-state index in [0.29, 0.717) is 15.7 Å². The molecule has 0 saturated carbocycles. The lowest BCUT2D eigenvalue weighted by Gasteiger charge is -2.12. The Bertz CT molecular complexity index is 572. The number of esters is 2. The zero-order chi connectivity index (χ0) is 15.3. The van der Waals surface area contributed by atoms with E-state index in [2.05, 4.69) is 30.7 Å². The third-order valence-electron chi connectivity index (χ3n) is 2.46. The molecule has 1 aromatic rings. The van der Waals surface area contributed by atoms with Gasteiger partial charge in [0.15, 0.2) is 0 Å². The summed E-state index contributed by atoms with van der Waals surface area (Å²) in [5.74, 6) is -1.85. The highest BCUT2D eigenvalue weighted by molar-refractivity contribution is 9.10. The van der Waals surface area contributed by atoms with E-state index in [4.69, 9.17) is 0 Å². The van der Waals surface area contributed by atoms with Gasteiger partial charge in [-0.05, 0) is 35.0 Å². The molecule has 5 nitrogen and oxygen atoms in total. The van der Waals surface area contributed by atoms with Gasteiger partial charge in [0.25, 0.3) is 0 Å². The van der Waals surface area contributed by atoms with Crippen molar-refractivity contribution in [3.63, 3.8) is 0 Å².